The summed E-state index contributed by atoms with van der Waals surface area (Å²) in [5, 5.41) is 15.8. The number of aliphatic hydroxyl groups is 1. The van der Waals surface area contributed by atoms with Crippen LogP contribution in [0.15, 0.2) is 51.7 Å². The molecule has 0 spiro atoms. The number of anilines is 1. The molecule has 4 rings (SSSR count). The van der Waals surface area contributed by atoms with Gasteiger partial charge in [0.25, 0.3) is 0 Å². The molecule has 4 nitrogen and oxygen atoms in total. The fraction of sp³-hybridized carbons (Fsp3) is 0.167. The van der Waals surface area contributed by atoms with E-state index < -0.39 is 5.63 Å². The van der Waals surface area contributed by atoms with E-state index >= 15 is 0 Å². The molecule has 22 heavy (non-hydrogen) atoms. The highest BCUT2D eigenvalue weighted by molar-refractivity contribution is 6.10. The van der Waals surface area contributed by atoms with Crippen molar-refractivity contribution in [1.82, 2.24) is 0 Å². The van der Waals surface area contributed by atoms with E-state index in [4.69, 9.17) is 4.42 Å². The molecule has 0 amide bonds. The van der Waals surface area contributed by atoms with Crippen molar-refractivity contribution in [3.8, 4) is 0 Å². The zero-order chi connectivity index (χ0) is 15.5. The zero-order valence-corrected chi connectivity index (χ0v) is 12.3. The summed E-state index contributed by atoms with van der Waals surface area (Å²) in [5.41, 5.74) is 0.984. The third-order valence-corrected chi connectivity index (χ3v) is 4.00. The van der Waals surface area contributed by atoms with Gasteiger partial charge in [-0.1, -0.05) is 24.3 Å². The third kappa shape index (κ3) is 1.73. The molecule has 0 aliphatic carbocycles. The standard InChI is InChI=1S/C18H15NO3/c1-18(2)9-13(20)16-12(19-18)8-7-11-10-5-3-4-6-14(10)22-17(21)15(11)16/h3-9,19-20H,1-2H3. The summed E-state index contributed by atoms with van der Waals surface area (Å²) in [4.78, 5) is 12.4. The van der Waals surface area contributed by atoms with Gasteiger partial charge in [-0.15, -0.1) is 0 Å². The molecule has 0 saturated carbocycles. The number of fused-ring (bicyclic) bond motifs is 5. The fourth-order valence-corrected chi connectivity index (χ4v) is 3.14. The van der Waals surface area contributed by atoms with Gasteiger partial charge in [-0.05, 0) is 32.1 Å². The van der Waals surface area contributed by atoms with Crippen LogP contribution in [0.25, 0.3) is 27.5 Å². The van der Waals surface area contributed by atoms with Crippen molar-refractivity contribution in [1.29, 1.82) is 0 Å². The lowest BCUT2D eigenvalue weighted by Crippen LogP contribution is -2.32. The Labute approximate surface area is 126 Å². The molecule has 0 radical (unpaired) electrons. The topological polar surface area (TPSA) is 62.5 Å². The summed E-state index contributed by atoms with van der Waals surface area (Å²) in [7, 11) is 0. The third-order valence-electron chi connectivity index (χ3n) is 4.00. The van der Waals surface area contributed by atoms with Gasteiger partial charge in [-0.25, -0.2) is 4.79 Å². The smallest absolute Gasteiger partial charge is 0.345 e. The summed E-state index contributed by atoms with van der Waals surface area (Å²) in [6, 6.07) is 11.2. The van der Waals surface area contributed by atoms with E-state index in [0.717, 1.165) is 16.5 Å². The molecule has 0 fully saturated rings. The molecule has 0 atom stereocenters. The van der Waals surface area contributed by atoms with Gasteiger partial charge in [-0.2, -0.15) is 0 Å². The first-order valence-electron chi connectivity index (χ1n) is 7.15. The van der Waals surface area contributed by atoms with Crippen molar-refractivity contribution in [2.24, 2.45) is 0 Å². The highest BCUT2D eigenvalue weighted by Crippen LogP contribution is 2.37. The van der Waals surface area contributed by atoms with Crippen LogP contribution in [0.4, 0.5) is 5.69 Å². The van der Waals surface area contributed by atoms with Crippen molar-refractivity contribution >= 4 is 33.2 Å². The second-order valence-electron chi connectivity index (χ2n) is 6.17. The Balaban J connectivity index is 2.20. The summed E-state index contributed by atoms with van der Waals surface area (Å²) in [6.07, 6.45) is 1.71. The molecule has 2 aromatic carbocycles. The Bertz CT molecular complexity index is 1010. The first-order valence-corrected chi connectivity index (χ1v) is 7.15. The lowest BCUT2D eigenvalue weighted by Gasteiger charge is -2.30. The molecule has 0 unspecified atom stereocenters. The molecule has 1 aliphatic heterocycles. The van der Waals surface area contributed by atoms with Crippen molar-refractivity contribution in [2.45, 2.75) is 19.4 Å². The van der Waals surface area contributed by atoms with Gasteiger partial charge in [0.05, 0.1) is 16.5 Å². The van der Waals surface area contributed by atoms with Crippen LogP contribution < -0.4 is 10.9 Å². The molecule has 4 heteroatoms. The lowest BCUT2D eigenvalue weighted by atomic mass is 9.92. The fourth-order valence-electron chi connectivity index (χ4n) is 3.14. The number of nitrogens with one attached hydrogen (secondary N) is 1. The van der Waals surface area contributed by atoms with E-state index in [0.29, 0.717) is 16.5 Å². The molecule has 3 aromatic rings. The predicted octanol–water partition coefficient (Wildman–Crippen LogP) is 4.05. The molecule has 2 N–H and O–H groups in total. The van der Waals surface area contributed by atoms with Gasteiger partial charge in [0.1, 0.15) is 11.3 Å². The second-order valence-corrected chi connectivity index (χ2v) is 6.17. The first kappa shape index (κ1) is 13.0. The number of benzene rings is 2. The van der Waals surface area contributed by atoms with Gasteiger partial charge in [0, 0.05) is 16.5 Å². The quantitative estimate of drug-likeness (QED) is 0.485. The van der Waals surface area contributed by atoms with Crippen LogP contribution in [0.3, 0.4) is 0 Å². The minimum absolute atomic E-state index is 0.104. The van der Waals surface area contributed by atoms with Crippen LogP contribution in [-0.2, 0) is 0 Å². The predicted molar refractivity (Wildman–Crippen MR) is 88.3 cm³/mol. The van der Waals surface area contributed by atoms with Crippen LogP contribution in [0.1, 0.15) is 19.4 Å². The van der Waals surface area contributed by atoms with Gasteiger partial charge in [0.2, 0.25) is 0 Å². The molecule has 0 bridgehead atoms. The van der Waals surface area contributed by atoms with Crippen LogP contribution in [0.5, 0.6) is 0 Å². The SMILES string of the molecule is CC1(C)C=C(O)c2c(ccc3c2c(=O)oc2ccccc23)N1. The van der Waals surface area contributed by atoms with Crippen molar-refractivity contribution in [3.05, 3.63) is 58.5 Å². The van der Waals surface area contributed by atoms with Gasteiger partial charge in [-0.3, -0.25) is 0 Å². The Morgan fingerprint density at radius 3 is 2.68 bits per heavy atom. The van der Waals surface area contributed by atoms with Crippen molar-refractivity contribution in [3.63, 3.8) is 0 Å². The van der Waals surface area contributed by atoms with Gasteiger partial charge in [0.15, 0.2) is 0 Å². The Hall–Kier alpha value is -2.75. The maximum absolute atomic E-state index is 12.4. The number of rotatable bonds is 0. The Morgan fingerprint density at radius 2 is 1.86 bits per heavy atom. The molecule has 1 aliphatic rings. The summed E-state index contributed by atoms with van der Waals surface area (Å²) in [6.45, 7) is 3.92. The van der Waals surface area contributed by atoms with Crippen LogP contribution >= 0.6 is 0 Å². The normalized spacial score (nSPS) is 16.2. The van der Waals surface area contributed by atoms with E-state index in [1.54, 1.807) is 12.1 Å². The average molecular weight is 293 g/mol. The molecule has 110 valence electrons. The molecular formula is C18H15NO3. The Kier molecular flexibility index (Phi) is 2.43. The Morgan fingerprint density at radius 1 is 1.09 bits per heavy atom. The number of para-hydroxylation sites is 1. The first-order chi connectivity index (χ1) is 10.5. The van der Waals surface area contributed by atoms with E-state index in [1.807, 2.05) is 44.2 Å². The monoisotopic (exact) mass is 293 g/mol. The van der Waals surface area contributed by atoms with E-state index in [9.17, 15) is 9.90 Å². The molecule has 0 saturated heterocycles. The van der Waals surface area contributed by atoms with Crippen molar-refractivity contribution < 1.29 is 9.52 Å². The van der Waals surface area contributed by atoms with E-state index in [-0.39, 0.29) is 11.3 Å². The zero-order valence-electron chi connectivity index (χ0n) is 12.3. The highest BCUT2D eigenvalue weighted by atomic mass is 16.4. The average Bonchev–Trinajstić information content (AvgIpc) is 2.45. The maximum atomic E-state index is 12.4. The number of aliphatic hydroxyl groups excluding tert-OH is 1. The van der Waals surface area contributed by atoms with Crippen LogP contribution in [0.2, 0.25) is 0 Å². The second kappa shape index (κ2) is 4.13. The van der Waals surface area contributed by atoms with E-state index in [2.05, 4.69) is 5.32 Å². The number of hydrogen-bond acceptors (Lipinski definition) is 4. The lowest BCUT2D eigenvalue weighted by molar-refractivity contribution is 0.499. The largest absolute Gasteiger partial charge is 0.507 e. The van der Waals surface area contributed by atoms with Crippen molar-refractivity contribution in [2.75, 3.05) is 5.32 Å². The molecule has 2 heterocycles. The summed E-state index contributed by atoms with van der Waals surface area (Å²) < 4.78 is 5.42. The van der Waals surface area contributed by atoms with Gasteiger partial charge >= 0.3 is 5.63 Å². The van der Waals surface area contributed by atoms with Crippen LogP contribution in [-0.4, -0.2) is 10.6 Å². The minimum atomic E-state index is -0.438. The number of hydrogen-bond donors (Lipinski definition) is 2. The minimum Gasteiger partial charge on any atom is -0.507 e. The molecular weight excluding hydrogens is 278 g/mol. The highest BCUT2D eigenvalue weighted by Gasteiger charge is 2.27. The maximum Gasteiger partial charge on any atom is 0.345 e. The summed E-state index contributed by atoms with van der Waals surface area (Å²) >= 11 is 0. The van der Waals surface area contributed by atoms with Crippen LogP contribution in [0, 0.1) is 0 Å². The summed E-state index contributed by atoms with van der Waals surface area (Å²) in [5.74, 6) is 0.104. The van der Waals surface area contributed by atoms with Gasteiger partial charge < -0.3 is 14.8 Å². The molecule has 1 aromatic heterocycles. The van der Waals surface area contributed by atoms with E-state index in [1.165, 1.54) is 0 Å².